The molecule has 2 fully saturated rings. The number of hydrogen-bond donors (Lipinski definition) is 0. The zero-order valence-corrected chi connectivity index (χ0v) is 13.8. The lowest BCUT2D eigenvalue weighted by molar-refractivity contribution is -0.134. The van der Waals surface area contributed by atoms with E-state index in [2.05, 4.69) is 58.0 Å². The minimum Gasteiger partial charge on any atom is -0.340 e. The van der Waals surface area contributed by atoms with Crippen molar-refractivity contribution >= 4 is 27.7 Å². The number of aryl methyl sites for hydroxylation is 1. The number of nitrogens with zero attached hydrogens (tertiary/aromatic N) is 2. The molecule has 5 rings (SSSR count). The number of carbonyl (C=O) groups is 1. The van der Waals surface area contributed by atoms with Crippen molar-refractivity contribution in [1.82, 2.24) is 9.47 Å². The Kier molecular flexibility index (Phi) is 3.15. The van der Waals surface area contributed by atoms with E-state index in [1.54, 1.807) is 0 Å². The van der Waals surface area contributed by atoms with Gasteiger partial charge < -0.3 is 9.47 Å². The molecule has 0 N–H and O–H groups in total. The number of fused-ring (bicyclic) bond motifs is 5. The van der Waals surface area contributed by atoms with Crippen molar-refractivity contribution in [3.05, 3.63) is 48.5 Å². The molecule has 1 aromatic heterocycles. The van der Waals surface area contributed by atoms with Gasteiger partial charge in [0.2, 0.25) is 5.91 Å². The molecule has 3 heteroatoms. The molecule has 122 valence electrons. The van der Waals surface area contributed by atoms with Crippen molar-refractivity contribution < 1.29 is 4.79 Å². The molecule has 1 aliphatic carbocycles. The van der Waals surface area contributed by atoms with Crippen LogP contribution in [0.1, 0.15) is 25.7 Å². The molecule has 1 amide bonds. The molecule has 1 saturated heterocycles. The Hall–Kier alpha value is -2.29. The highest BCUT2D eigenvalue weighted by molar-refractivity contribution is 6.07. The first-order chi connectivity index (χ1) is 11.8. The van der Waals surface area contributed by atoms with Gasteiger partial charge in [0.15, 0.2) is 0 Å². The highest BCUT2D eigenvalue weighted by Crippen LogP contribution is 2.38. The summed E-state index contributed by atoms with van der Waals surface area (Å²) in [5.41, 5.74) is 2.60. The Morgan fingerprint density at radius 3 is 2.17 bits per heavy atom. The van der Waals surface area contributed by atoms with E-state index in [0.29, 0.717) is 17.9 Å². The molecule has 3 aromatic rings. The Labute approximate surface area is 141 Å². The lowest BCUT2D eigenvalue weighted by Gasteiger charge is -2.27. The number of piperidine rings is 1. The van der Waals surface area contributed by atoms with E-state index in [-0.39, 0.29) is 0 Å². The van der Waals surface area contributed by atoms with Crippen molar-refractivity contribution in [2.75, 3.05) is 6.54 Å². The predicted molar refractivity (Wildman–Crippen MR) is 96.9 cm³/mol. The summed E-state index contributed by atoms with van der Waals surface area (Å²) in [5.74, 6) is 0.747. The lowest BCUT2D eigenvalue weighted by Crippen LogP contribution is -2.37. The number of hydrogen-bond acceptors (Lipinski definition) is 1. The fourth-order valence-electron chi connectivity index (χ4n) is 4.82. The van der Waals surface area contributed by atoms with Crippen LogP contribution in [0.25, 0.3) is 21.8 Å². The summed E-state index contributed by atoms with van der Waals surface area (Å²) in [4.78, 5) is 14.5. The van der Waals surface area contributed by atoms with E-state index in [9.17, 15) is 4.79 Å². The molecular weight excluding hydrogens is 296 g/mol. The van der Waals surface area contributed by atoms with Crippen LogP contribution in [0.2, 0.25) is 0 Å². The topological polar surface area (TPSA) is 25.2 Å². The fourth-order valence-corrected chi connectivity index (χ4v) is 4.82. The summed E-state index contributed by atoms with van der Waals surface area (Å²) in [7, 11) is 0. The van der Waals surface area contributed by atoms with E-state index in [1.165, 1.54) is 28.2 Å². The summed E-state index contributed by atoms with van der Waals surface area (Å²) >= 11 is 0. The first kappa shape index (κ1) is 14.1. The molecular formula is C21H22N2O. The SMILES string of the molecule is O=C1[C@@H]2CC[C@@H](C2)N1CCCn1c2ccccc2c2ccccc21. The third kappa shape index (κ3) is 2.00. The average Bonchev–Trinajstić information content (AvgIpc) is 3.29. The van der Waals surface area contributed by atoms with E-state index in [1.807, 2.05) is 0 Å². The Bertz CT molecular complexity index is 873. The third-order valence-corrected chi connectivity index (χ3v) is 5.94. The minimum absolute atomic E-state index is 0.336. The fraction of sp³-hybridized carbons (Fsp3) is 0.381. The predicted octanol–water partition coefficient (Wildman–Crippen LogP) is 4.20. The van der Waals surface area contributed by atoms with Crippen LogP contribution in [0.3, 0.4) is 0 Å². The molecule has 0 unspecified atom stereocenters. The quantitative estimate of drug-likeness (QED) is 0.708. The van der Waals surface area contributed by atoms with Gasteiger partial charge in [-0.1, -0.05) is 36.4 Å². The molecule has 2 heterocycles. The van der Waals surface area contributed by atoms with Gasteiger partial charge in [0.1, 0.15) is 0 Å². The Balaban J connectivity index is 1.41. The van der Waals surface area contributed by atoms with Crippen molar-refractivity contribution in [3.8, 4) is 0 Å². The van der Waals surface area contributed by atoms with E-state index >= 15 is 0 Å². The first-order valence-corrected chi connectivity index (χ1v) is 9.09. The highest BCUT2D eigenvalue weighted by atomic mass is 16.2. The van der Waals surface area contributed by atoms with Crippen LogP contribution in [0.4, 0.5) is 0 Å². The van der Waals surface area contributed by atoms with Gasteiger partial charge in [-0.05, 0) is 37.8 Å². The summed E-state index contributed by atoms with van der Waals surface area (Å²) < 4.78 is 2.42. The second-order valence-corrected chi connectivity index (χ2v) is 7.23. The average molecular weight is 318 g/mol. The van der Waals surface area contributed by atoms with Gasteiger partial charge in [0.05, 0.1) is 0 Å². The second-order valence-electron chi connectivity index (χ2n) is 7.23. The Morgan fingerprint density at radius 1 is 0.875 bits per heavy atom. The number of amides is 1. The van der Waals surface area contributed by atoms with Gasteiger partial charge in [-0.15, -0.1) is 0 Å². The number of likely N-dealkylation sites (tertiary alicyclic amines) is 1. The highest BCUT2D eigenvalue weighted by Gasteiger charge is 2.43. The number of rotatable bonds is 4. The standard InChI is InChI=1S/C21H22N2O/c24-21-15-10-11-16(14-15)22(21)12-5-13-23-19-8-3-1-6-17(19)18-7-2-4-9-20(18)23/h1-4,6-9,15-16H,5,10-14H2/t15-,16+/m1/s1. The van der Waals surface area contributed by atoms with E-state index in [4.69, 9.17) is 0 Å². The molecule has 0 radical (unpaired) electrons. The third-order valence-electron chi connectivity index (χ3n) is 5.94. The summed E-state index contributed by atoms with van der Waals surface area (Å²) in [6.45, 7) is 1.87. The van der Waals surface area contributed by atoms with Gasteiger partial charge in [-0.2, -0.15) is 0 Å². The van der Waals surface area contributed by atoms with E-state index < -0.39 is 0 Å². The maximum absolute atomic E-state index is 12.3. The first-order valence-electron chi connectivity index (χ1n) is 9.09. The molecule has 0 spiro atoms. The zero-order chi connectivity index (χ0) is 16.1. The minimum atomic E-state index is 0.336. The number of para-hydroxylation sites is 2. The molecule has 1 aliphatic heterocycles. The summed E-state index contributed by atoms with van der Waals surface area (Å²) in [6.07, 6.45) is 4.46. The van der Waals surface area contributed by atoms with Crippen LogP contribution >= 0.6 is 0 Å². The second kappa shape index (κ2) is 5.37. The van der Waals surface area contributed by atoms with Crippen molar-refractivity contribution in [2.45, 2.75) is 38.3 Å². The maximum Gasteiger partial charge on any atom is 0.226 e. The van der Waals surface area contributed by atoms with Gasteiger partial charge in [0.25, 0.3) is 0 Å². The van der Waals surface area contributed by atoms with Crippen LogP contribution in [-0.2, 0) is 11.3 Å². The molecule has 2 bridgehead atoms. The van der Waals surface area contributed by atoms with Gasteiger partial charge in [-0.3, -0.25) is 4.79 Å². The lowest BCUT2D eigenvalue weighted by atomic mass is 10.1. The largest absolute Gasteiger partial charge is 0.340 e. The van der Waals surface area contributed by atoms with Crippen LogP contribution < -0.4 is 0 Å². The van der Waals surface area contributed by atoms with E-state index in [0.717, 1.165) is 32.4 Å². The number of benzene rings is 2. The van der Waals surface area contributed by atoms with Gasteiger partial charge >= 0.3 is 0 Å². The van der Waals surface area contributed by atoms with Gasteiger partial charge in [0, 0.05) is 46.9 Å². The summed E-state index contributed by atoms with van der Waals surface area (Å²) in [6, 6.07) is 17.8. The molecule has 2 aromatic carbocycles. The molecule has 2 atom stereocenters. The number of aromatic nitrogens is 1. The molecule has 1 saturated carbocycles. The zero-order valence-electron chi connectivity index (χ0n) is 13.8. The summed E-state index contributed by atoms with van der Waals surface area (Å²) in [5, 5.41) is 2.65. The normalized spacial score (nSPS) is 23.0. The molecule has 2 aliphatic rings. The van der Waals surface area contributed by atoms with Crippen LogP contribution in [-0.4, -0.2) is 28.0 Å². The molecule has 24 heavy (non-hydrogen) atoms. The Morgan fingerprint density at radius 2 is 1.54 bits per heavy atom. The maximum atomic E-state index is 12.3. The van der Waals surface area contributed by atoms with Gasteiger partial charge in [-0.25, -0.2) is 0 Å². The van der Waals surface area contributed by atoms with Crippen molar-refractivity contribution in [1.29, 1.82) is 0 Å². The monoisotopic (exact) mass is 318 g/mol. The van der Waals surface area contributed by atoms with Crippen LogP contribution in [0, 0.1) is 5.92 Å². The smallest absolute Gasteiger partial charge is 0.226 e. The van der Waals surface area contributed by atoms with Crippen molar-refractivity contribution in [2.24, 2.45) is 5.92 Å². The van der Waals surface area contributed by atoms with Crippen LogP contribution in [0.15, 0.2) is 48.5 Å². The number of carbonyl (C=O) groups excluding carboxylic acids is 1. The molecule has 3 nitrogen and oxygen atoms in total. The van der Waals surface area contributed by atoms with Crippen LogP contribution in [0.5, 0.6) is 0 Å². The van der Waals surface area contributed by atoms with Crippen molar-refractivity contribution in [3.63, 3.8) is 0 Å².